The Morgan fingerprint density at radius 3 is 2.74 bits per heavy atom. The predicted molar refractivity (Wildman–Crippen MR) is 84.0 cm³/mol. The quantitative estimate of drug-likeness (QED) is 0.619. The van der Waals surface area contributed by atoms with Crippen molar-refractivity contribution in [2.45, 2.75) is 44.2 Å². The van der Waals surface area contributed by atoms with Crippen molar-refractivity contribution in [2.75, 3.05) is 13.7 Å². The van der Waals surface area contributed by atoms with Gasteiger partial charge in [0.25, 0.3) is 0 Å². The fraction of sp³-hybridized carbons (Fsp3) is 0.500. The molecule has 0 amide bonds. The molecule has 0 spiro atoms. The van der Waals surface area contributed by atoms with Crippen molar-refractivity contribution < 1.29 is 23.7 Å². The molecule has 1 fully saturated rings. The van der Waals surface area contributed by atoms with Crippen molar-refractivity contribution in [3.05, 3.63) is 42.0 Å². The second-order valence-corrected chi connectivity index (χ2v) is 5.74. The van der Waals surface area contributed by atoms with E-state index in [0.717, 1.165) is 24.2 Å². The van der Waals surface area contributed by atoms with Crippen LogP contribution in [0, 0.1) is 0 Å². The lowest BCUT2D eigenvalue weighted by Crippen LogP contribution is -2.43. The summed E-state index contributed by atoms with van der Waals surface area (Å²) in [6.45, 7) is 0.348. The van der Waals surface area contributed by atoms with Gasteiger partial charge >= 0.3 is 5.97 Å². The molecule has 2 aliphatic heterocycles. The maximum atomic E-state index is 11.8. The van der Waals surface area contributed by atoms with Crippen LogP contribution in [0.1, 0.15) is 37.5 Å². The summed E-state index contributed by atoms with van der Waals surface area (Å²) in [4.78, 5) is 11.8. The first kappa shape index (κ1) is 16.0. The fourth-order valence-corrected chi connectivity index (χ4v) is 2.77. The zero-order valence-corrected chi connectivity index (χ0v) is 13.3. The van der Waals surface area contributed by atoms with Crippen LogP contribution in [0.5, 0.6) is 5.75 Å². The fourth-order valence-electron chi connectivity index (χ4n) is 2.77. The minimum absolute atomic E-state index is 0.176. The molecule has 0 radical (unpaired) electrons. The highest BCUT2D eigenvalue weighted by Gasteiger charge is 2.34. The summed E-state index contributed by atoms with van der Waals surface area (Å²) < 4.78 is 22.5. The van der Waals surface area contributed by atoms with Gasteiger partial charge in [-0.3, -0.25) is 4.79 Å². The lowest BCUT2D eigenvalue weighted by Gasteiger charge is -2.36. The highest BCUT2D eigenvalue weighted by Crippen LogP contribution is 2.30. The van der Waals surface area contributed by atoms with Gasteiger partial charge in [0, 0.05) is 12.0 Å². The van der Waals surface area contributed by atoms with E-state index in [0.29, 0.717) is 19.4 Å². The van der Waals surface area contributed by atoms with Crippen LogP contribution in [0.4, 0.5) is 0 Å². The van der Waals surface area contributed by atoms with E-state index in [2.05, 4.69) is 12.2 Å². The van der Waals surface area contributed by atoms with E-state index in [1.807, 2.05) is 24.3 Å². The van der Waals surface area contributed by atoms with Crippen molar-refractivity contribution in [1.29, 1.82) is 0 Å². The summed E-state index contributed by atoms with van der Waals surface area (Å²) in [6, 6.07) is 7.60. The van der Waals surface area contributed by atoms with Gasteiger partial charge in [-0.15, -0.1) is 0 Å². The molecule has 0 N–H and O–H groups in total. The molecular formula is C18H22O5. The smallest absolute Gasteiger partial charge is 0.306 e. The summed E-state index contributed by atoms with van der Waals surface area (Å²) in [5.41, 5.74) is 0.927. The first-order valence-electron chi connectivity index (χ1n) is 8.02. The number of methoxy groups -OCH3 is 1. The summed E-state index contributed by atoms with van der Waals surface area (Å²) in [7, 11) is 1.63. The van der Waals surface area contributed by atoms with Gasteiger partial charge in [-0.1, -0.05) is 24.3 Å². The third-order valence-electron chi connectivity index (χ3n) is 4.08. The van der Waals surface area contributed by atoms with Crippen LogP contribution in [0.2, 0.25) is 0 Å². The Morgan fingerprint density at radius 1 is 1.13 bits per heavy atom. The van der Waals surface area contributed by atoms with Crippen molar-refractivity contribution in [2.24, 2.45) is 0 Å². The molecule has 0 saturated carbocycles. The Morgan fingerprint density at radius 2 is 1.96 bits per heavy atom. The molecule has 1 aromatic rings. The molecule has 3 atom stereocenters. The normalized spacial score (nSPS) is 30.0. The van der Waals surface area contributed by atoms with E-state index in [9.17, 15) is 4.79 Å². The molecular weight excluding hydrogens is 296 g/mol. The Hall–Kier alpha value is -1.85. The second-order valence-electron chi connectivity index (χ2n) is 5.74. The van der Waals surface area contributed by atoms with Crippen LogP contribution in [-0.2, 0) is 19.0 Å². The number of ether oxygens (including phenoxy) is 4. The van der Waals surface area contributed by atoms with E-state index in [1.54, 1.807) is 7.11 Å². The second kappa shape index (κ2) is 7.62. The molecule has 1 saturated heterocycles. The molecule has 2 aliphatic rings. The van der Waals surface area contributed by atoms with Crippen LogP contribution < -0.4 is 4.74 Å². The standard InChI is InChI=1S/C18H22O5/c1-20-14-10-8-13(9-11-14)18-21-12-16-15(23-18)6-4-2-3-5-7-17(19)22-16/h2,4,8-11,15-16,18H,3,5-7,12H2,1H3/b4-2+/t15-,16+,18+/m0/s1. The van der Waals surface area contributed by atoms with Crippen molar-refractivity contribution in [3.8, 4) is 5.75 Å². The summed E-state index contributed by atoms with van der Waals surface area (Å²) in [6.07, 6.45) is 6.10. The van der Waals surface area contributed by atoms with Crippen molar-refractivity contribution in [3.63, 3.8) is 0 Å². The monoisotopic (exact) mass is 318 g/mol. The number of rotatable bonds is 2. The summed E-state index contributed by atoms with van der Waals surface area (Å²) in [5, 5.41) is 0. The van der Waals surface area contributed by atoms with Crippen LogP contribution in [-0.4, -0.2) is 31.9 Å². The minimum atomic E-state index is -0.447. The van der Waals surface area contributed by atoms with Gasteiger partial charge in [0.2, 0.25) is 0 Å². The number of benzene rings is 1. The molecule has 5 heteroatoms. The van der Waals surface area contributed by atoms with E-state index in [1.165, 1.54) is 0 Å². The van der Waals surface area contributed by atoms with Crippen LogP contribution in [0.3, 0.4) is 0 Å². The number of carbonyl (C=O) groups is 1. The van der Waals surface area contributed by atoms with Crippen LogP contribution in [0.15, 0.2) is 36.4 Å². The zero-order valence-electron chi connectivity index (χ0n) is 13.3. The maximum absolute atomic E-state index is 11.8. The minimum Gasteiger partial charge on any atom is -0.497 e. The zero-order chi connectivity index (χ0) is 16.1. The van der Waals surface area contributed by atoms with Gasteiger partial charge in [0.05, 0.1) is 13.7 Å². The van der Waals surface area contributed by atoms with Crippen LogP contribution >= 0.6 is 0 Å². The van der Waals surface area contributed by atoms with Gasteiger partial charge in [0.1, 0.15) is 11.9 Å². The molecule has 0 bridgehead atoms. The van der Waals surface area contributed by atoms with Crippen molar-refractivity contribution >= 4 is 5.97 Å². The third-order valence-corrected chi connectivity index (χ3v) is 4.08. The van der Waals surface area contributed by atoms with Gasteiger partial charge in [0.15, 0.2) is 12.4 Å². The lowest BCUT2D eigenvalue weighted by molar-refractivity contribution is -0.261. The molecule has 0 aromatic heterocycles. The summed E-state index contributed by atoms with van der Waals surface area (Å²) in [5.74, 6) is 0.614. The van der Waals surface area contributed by atoms with E-state index in [4.69, 9.17) is 18.9 Å². The lowest BCUT2D eigenvalue weighted by atomic mass is 10.1. The Labute approximate surface area is 136 Å². The van der Waals surface area contributed by atoms with E-state index in [-0.39, 0.29) is 18.2 Å². The predicted octanol–water partition coefficient (Wildman–Crippen LogP) is 3.15. The molecule has 1 aromatic carbocycles. The van der Waals surface area contributed by atoms with Gasteiger partial charge in [-0.05, 0) is 31.4 Å². The topological polar surface area (TPSA) is 54.0 Å². The average Bonchev–Trinajstić information content (AvgIpc) is 2.59. The Bertz CT molecular complexity index is 551. The molecule has 3 rings (SSSR count). The molecule has 0 aliphatic carbocycles. The summed E-state index contributed by atoms with van der Waals surface area (Å²) >= 11 is 0. The van der Waals surface area contributed by atoms with Crippen molar-refractivity contribution in [1.82, 2.24) is 0 Å². The Kier molecular flexibility index (Phi) is 5.31. The number of hydrogen-bond donors (Lipinski definition) is 0. The maximum Gasteiger partial charge on any atom is 0.306 e. The third kappa shape index (κ3) is 4.12. The number of fused-ring (bicyclic) bond motifs is 1. The molecule has 2 heterocycles. The molecule has 23 heavy (non-hydrogen) atoms. The number of carbonyl (C=O) groups excluding carboxylic acids is 1. The number of hydrogen-bond acceptors (Lipinski definition) is 5. The van der Waals surface area contributed by atoms with Gasteiger partial charge in [-0.2, -0.15) is 0 Å². The van der Waals surface area contributed by atoms with Crippen LogP contribution in [0.25, 0.3) is 0 Å². The highest BCUT2D eigenvalue weighted by molar-refractivity contribution is 5.69. The largest absolute Gasteiger partial charge is 0.497 e. The molecule has 0 unspecified atom stereocenters. The Balaban J connectivity index is 1.70. The highest BCUT2D eigenvalue weighted by atomic mass is 16.7. The SMILES string of the molecule is COc1ccc([C@@H]2OC[C@H]3OC(=O)CCC/C=C/C[C@@H]3O2)cc1. The van der Waals surface area contributed by atoms with Gasteiger partial charge in [-0.25, -0.2) is 0 Å². The first-order chi connectivity index (χ1) is 11.3. The van der Waals surface area contributed by atoms with E-state index < -0.39 is 6.29 Å². The molecule has 5 nitrogen and oxygen atoms in total. The van der Waals surface area contributed by atoms with E-state index >= 15 is 0 Å². The first-order valence-corrected chi connectivity index (χ1v) is 8.02. The average molecular weight is 318 g/mol. The number of esters is 1. The molecule has 124 valence electrons. The van der Waals surface area contributed by atoms with Gasteiger partial charge < -0.3 is 18.9 Å². The number of allylic oxidation sites excluding steroid dienone is 1.